The van der Waals surface area contributed by atoms with Crippen molar-refractivity contribution in [2.24, 2.45) is 5.16 Å². The highest BCUT2D eigenvalue weighted by molar-refractivity contribution is 5.98. The van der Waals surface area contributed by atoms with Crippen LogP contribution in [0.4, 0.5) is 22.0 Å². The lowest BCUT2D eigenvalue weighted by molar-refractivity contribution is 0.123. The summed E-state index contributed by atoms with van der Waals surface area (Å²) in [6.07, 6.45) is 0. The largest absolute Gasteiger partial charge is 0.497 e. The van der Waals surface area contributed by atoms with Crippen LogP contribution < -0.4 is 4.74 Å². The van der Waals surface area contributed by atoms with Crippen molar-refractivity contribution in [1.29, 1.82) is 0 Å². The number of oxime groups is 1. The fourth-order valence-corrected chi connectivity index (χ4v) is 1.86. The maximum absolute atomic E-state index is 13.5. The molecule has 0 heterocycles. The van der Waals surface area contributed by atoms with Gasteiger partial charge in [0.2, 0.25) is 5.82 Å². The highest BCUT2D eigenvalue weighted by Gasteiger charge is 2.25. The molecule has 128 valence electrons. The van der Waals surface area contributed by atoms with Crippen molar-refractivity contribution in [3.63, 3.8) is 0 Å². The van der Waals surface area contributed by atoms with Gasteiger partial charge < -0.3 is 9.57 Å². The first-order valence-corrected chi connectivity index (χ1v) is 6.68. The lowest BCUT2D eigenvalue weighted by Crippen LogP contribution is -2.08. The Morgan fingerprint density at radius 3 is 1.88 bits per heavy atom. The van der Waals surface area contributed by atoms with Gasteiger partial charge >= 0.3 is 0 Å². The molecule has 0 saturated carbocycles. The molecule has 0 N–H and O–H groups in total. The van der Waals surface area contributed by atoms with Crippen molar-refractivity contribution in [2.75, 3.05) is 7.11 Å². The van der Waals surface area contributed by atoms with E-state index in [1.54, 1.807) is 31.2 Å². The first-order valence-electron chi connectivity index (χ1n) is 6.68. The second kappa shape index (κ2) is 7.29. The van der Waals surface area contributed by atoms with Crippen molar-refractivity contribution < 1.29 is 31.5 Å². The fraction of sp³-hybridized carbons (Fsp3) is 0.188. The minimum atomic E-state index is -2.22. The van der Waals surface area contributed by atoms with Crippen molar-refractivity contribution in [2.45, 2.75) is 13.5 Å². The molecule has 2 rings (SSSR count). The second-order valence-electron chi connectivity index (χ2n) is 4.73. The monoisotopic (exact) mass is 345 g/mol. The van der Waals surface area contributed by atoms with Gasteiger partial charge in [0.1, 0.15) is 12.4 Å². The minimum Gasteiger partial charge on any atom is -0.497 e. The van der Waals surface area contributed by atoms with E-state index in [1.165, 1.54) is 7.11 Å². The van der Waals surface area contributed by atoms with Crippen molar-refractivity contribution in [1.82, 2.24) is 0 Å². The van der Waals surface area contributed by atoms with Gasteiger partial charge in [0, 0.05) is 0 Å². The van der Waals surface area contributed by atoms with Crippen LogP contribution in [0.25, 0.3) is 0 Å². The maximum Gasteiger partial charge on any atom is 0.200 e. The summed E-state index contributed by atoms with van der Waals surface area (Å²) in [5.41, 5.74) is -0.104. The number of benzene rings is 2. The molecule has 0 amide bonds. The number of hydrogen-bond acceptors (Lipinski definition) is 3. The van der Waals surface area contributed by atoms with Crippen molar-refractivity contribution >= 4 is 5.71 Å². The Hall–Kier alpha value is -2.64. The smallest absolute Gasteiger partial charge is 0.200 e. The molecule has 0 spiro atoms. The molecule has 0 aliphatic carbocycles. The Morgan fingerprint density at radius 2 is 1.38 bits per heavy atom. The molecule has 2 aromatic carbocycles. The van der Waals surface area contributed by atoms with Crippen LogP contribution in [0.3, 0.4) is 0 Å². The molecular weight excluding hydrogens is 333 g/mol. The van der Waals surface area contributed by atoms with Gasteiger partial charge in [0.25, 0.3) is 0 Å². The highest BCUT2D eigenvalue weighted by Crippen LogP contribution is 2.23. The quantitative estimate of drug-likeness (QED) is 0.265. The van der Waals surface area contributed by atoms with E-state index in [4.69, 9.17) is 9.57 Å². The number of halogens is 5. The van der Waals surface area contributed by atoms with E-state index in [2.05, 4.69) is 5.16 Å². The summed E-state index contributed by atoms with van der Waals surface area (Å²) in [5, 5.41) is 3.61. The highest BCUT2D eigenvalue weighted by atomic mass is 19.2. The Labute approximate surface area is 134 Å². The van der Waals surface area contributed by atoms with Gasteiger partial charge in [0.05, 0.1) is 18.4 Å². The van der Waals surface area contributed by atoms with Crippen LogP contribution >= 0.6 is 0 Å². The summed E-state index contributed by atoms with van der Waals surface area (Å²) in [5.74, 6) is -9.53. The normalized spacial score (nSPS) is 11.5. The van der Waals surface area contributed by atoms with Crippen LogP contribution in [0.5, 0.6) is 5.75 Å². The van der Waals surface area contributed by atoms with Gasteiger partial charge in [-0.05, 0) is 36.8 Å². The predicted molar refractivity (Wildman–Crippen MR) is 76.2 cm³/mol. The fourth-order valence-electron chi connectivity index (χ4n) is 1.86. The van der Waals surface area contributed by atoms with E-state index in [1.807, 2.05) is 0 Å². The molecule has 3 nitrogen and oxygen atoms in total. The van der Waals surface area contributed by atoms with Gasteiger partial charge in [0.15, 0.2) is 23.3 Å². The van der Waals surface area contributed by atoms with Crippen molar-refractivity contribution in [3.05, 3.63) is 64.5 Å². The third kappa shape index (κ3) is 3.47. The Bertz CT molecular complexity index is 746. The van der Waals surface area contributed by atoms with E-state index < -0.39 is 41.3 Å². The number of nitrogens with zero attached hydrogens (tertiary/aromatic N) is 1. The average Bonchev–Trinajstić information content (AvgIpc) is 2.61. The van der Waals surface area contributed by atoms with Gasteiger partial charge in [-0.25, -0.2) is 22.0 Å². The van der Waals surface area contributed by atoms with Crippen LogP contribution in [0.1, 0.15) is 18.1 Å². The SMILES string of the molecule is COc1ccc(/C(C)=N/OCc2c(F)c(F)c(F)c(F)c2F)cc1. The van der Waals surface area contributed by atoms with E-state index >= 15 is 0 Å². The molecule has 0 unspecified atom stereocenters. The van der Waals surface area contributed by atoms with E-state index in [9.17, 15) is 22.0 Å². The molecule has 0 saturated heterocycles. The molecule has 0 radical (unpaired) electrons. The molecule has 0 aliphatic rings. The molecule has 8 heteroatoms. The molecular formula is C16H12F5NO2. The Balaban J connectivity index is 2.16. The van der Waals surface area contributed by atoms with E-state index in [-0.39, 0.29) is 0 Å². The lowest BCUT2D eigenvalue weighted by Gasteiger charge is -2.08. The average molecular weight is 345 g/mol. The van der Waals surface area contributed by atoms with Crippen LogP contribution in [0.2, 0.25) is 0 Å². The summed E-state index contributed by atoms with van der Waals surface area (Å²) in [6.45, 7) is 0.652. The van der Waals surface area contributed by atoms with Crippen LogP contribution in [-0.4, -0.2) is 12.8 Å². The second-order valence-corrected chi connectivity index (χ2v) is 4.73. The number of rotatable bonds is 5. The summed E-state index contributed by atoms with van der Waals surface area (Å²) in [7, 11) is 1.50. The molecule has 0 bridgehead atoms. The lowest BCUT2D eigenvalue weighted by atomic mass is 10.1. The van der Waals surface area contributed by atoms with Gasteiger partial charge in [-0.3, -0.25) is 0 Å². The third-order valence-electron chi connectivity index (χ3n) is 3.22. The Morgan fingerprint density at radius 1 is 0.875 bits per heavy atom. The molecule has 24 heavy (non-hydrogen) atoms. The van der Waals surface area contributed by atoms with Crippen LogP contribution in [0, 0.1) is 29.1 Å². The minimum absolute atomic E-state index is 0.349. The Kier molecular flexibility index (Phi) is 5.38. The van der Waals surface area contributed by atoms with E-state index in [0.717, 1.165) is 0 Å². The summed E-state index contributed by atoms with van der Waals surface area (Å²) in [4.78, 5) is 4.72. The van der Waals surface area contributed by atoms with E-state index in [0.29, 0.717) is 17.0 Å². The first kappa shape index (κ1) is 17.7. The van der Waals surface area contributed by atoms with Crippen LogP contribution in [0.15, 0.2) is 29.4 Å². The maximum atomic E-state index is 13.5. The molecule has 0 aliphatic heterocycles. The van der Waals surface area contributed by atoms with Gasteiger partial charge in [-0.2, -0.15) is 0 Å². The zero-order chi connectivity index (χ0) is 17.9. The number of hydrogen-bond donors (Lipinski definition) is 0. The molecule has 2 aromatic rings. The number of methoxy groups -OCH3 is 1. The topological polar surface area (TPSA) is 30.8 Å². The number of ether oxygens (including phenoxy) is 1. The summed E-state index contributed by atoms with van der Waals surface area (Å²) >= 11 is 0. The zero-order valence-electron chi connectivity index (χ0n) is 12.7. The van der Waals surface area contributed by atoms with Gasteiger partial charge in [-0.1, -0.05) is 5.16 Å². The van der Waals surface area contributed by atoms with Crippen molar-refractivity contribution in [3.8, 4) is 5.75 Å². The third-order valence-corrected chi connectivity index (χ3v) is 3.22. The zero-order valence-corrected chi connectivity index (χ0v) is 12.7. The van der Waals surface area contributed by atoms with Gasteiger partial charge in [-0.15, -0.1) is 0 Å². The summed E-state index contributed by atoms with van der Waals surface area (Å²) < 4.78 is 71.0. The standard InChI is InChI=1S/C16H12F5NO2/c1-8(9-3-5-10(23-2)6-4-9)22-24-7-11-12(17)14(19)16(21)15(20)13(11)18/h3-6H,7H2,1-2H3/b22-8+. The molecule has 0 atom stereocenters. The van der Waals surface area contributed by atoms with Crippen LogP contribution in [-0.2, 0) is 11.4 Å². The molecule has 0 aromatic heterocycles. The predicted octanol–water partition coefficient (Wildman–Crippen LogP) is 4.33. The molecule has 0 fully saturated rings. The summed E-state index contributed by atoms with van der Waals surface area (Å²) in [6, 6.07) is 6.66. The first-order chi connectivity index (χ1) is 11.4.